The summed E-state index contributed by atoms with van der Waals surface area (Å²) in [6.07, 6.45) is 10.3. The van der Waals surface area contributed by atoms with Crippen LogP contribution in [0.4, 0.5) is 0 Å². The number of carbonyl (C=O) groups excluding carboxylic acids is 4. The Morgan fingerprint density at radius 3 is 2.44 bits per heavy atom. The van der Waals surface area contributed by atoms with Gasteiger partial charge >= 0.3 is 0 Å². The second-order valence-electron chi connectivity index (χ2n) is 15.6. The number of nitrogens with zero attached hydrogens (tertiary/aromatic N) is 5. The lowest BCUT2D eigenvalue weighted by Crippen LogP contribution is -2.51. The van der Waals surface area contributed by atoms with Crippen LogP contribution in [0.1, 0.15) is 108 Å². The zero-order valence-corrected chi connectivity index (χ0v) is 29.2. The molecule has 4 atom stereocenters. The maximum absolute atomic E-state index is 14.4. The molecule has 3 aliphatic rings. The fraction of sp³-hybridized carbons (Fsp3) is 0.595. The van der Waals surface area contributed by atoms with Crippen LogP contribution < -0.4 is 10.6 Å². The Balaban J connectivity index is 1.39. The van der Waals surface area contributed by atoms with Crippen molar-refractivity contribution in [3.05, 3.63) is 41.6 Å². The molecule has 1 aromatic carbocycles. The number of amides is 3. The molecule has 1 aliphatic carbocycles. The van der Waals surface area contributed by atoms with Crippen LogP contribution in [0, 0.1) is 17.8 Å². The van der Waals surface area contributed by atoms with E-state index in [0.717, 1.165) is 60.7 Å². The van der Waals surface area contributed by atoms with Crippen molar-refractivity contribution < 1.29 is 19.2 Å². The molecule has 1 saturated heterocycles. The molecule has 0 radical (unpaired) electrons. The van der Waals surface area contributed by atoms with Gasteiger partial charge in [-0.1, -0.05) is 33.6 Å². The third kappa shape index (κ3) is 7.00. The van der Waals surface area contributed by atoms with Crippen LogP contribution >= 0.6 is 0 Å². The minimum atomic E-state index is -0.642. The predicted molar refractivity (Wildman–Crippen MR) is 183 cm³/mol. The molecule has 0 spiro atoms. The third-order valence-electron chi connectivity index (χ3n) is 10.2. The van der Waals surface area contributed by atoms with Crippen LogP contribution in [0.15, 0.2) is 24.5 Å². The largest absolute Gasteiger partial charge is 0.355 e. The van der Waals surface area contributed by atoms with Crippen molar-refractivity contribution in [3.8, 4) is 11.1 Å². The molecule has 11 nitrogen and oxygen atoms in total. The second kappa shape index (κ2) is 13.0. The molecule has 1 saturated carbocycles. The number of ketones is 1. The molecule has 6 rings (SSSR count). The number of hydrogen-bond donors (Lipinski definition) is 2. The van der Waals surface area contributed by atoms with E-state index in [-0.39, 0.29) is 53.0 Å². The maximum Gasteiger partial charge on any atom is 0.245 e. The van der Waals surface area contributed by atoms with E-state index in [9.17, 15) is 19.2 Å². The molecule has 4 heterocycles. The molecule has 11 heteroatoms. The van der Waals surface area contributed by atoms with Crippen molar-refractivity contribution in [1.82, 2.24) is 35.3 Å². The van der Waals surface area contributed by atoms with Crippen LogP contribution in [0.2, 0.25) is 0 Å². The normalized spacial score (nSPS) is 24.1. The monoisotopic (exact) mass is 655 g/mol. The van der Waals surface area contributed by atoms with E-state index in [1.54, 1.807) is 22.0 Å². The topological polar surface area (TPSA) is 139 Å². The Labute approximate surface area is 282 Å². The molecule has 2 aromatic heterocycles. The number of piperidine rings is 1. The van der Waals surface area contributed by atoms with E-state index >= 15 is 0 Å². The van der Waals surface area contributed by atoms with Gasteiger partial charge in [0.25, 0.3) is 0 Å². The zero-order chi connectivity index (χ0) is 34.4. The molecule has 2 bridgehead atoms. The van der Waals surface area contributed by atoms with Gasteiger partial charge in [-0.05, 0) is 81.0 Å². The first kappa shape index (κ1) is 33.7. The van der Waals surface area contributed by atoms with E-state index in [0.29, 0.717) is 42.7 Å². The van der Waals surface area contributed by atoms with Crippen molar-refractivity contribution in [2.75, 3.05) is 6.54 Å². The van der Waals surface area contributed by atoms with Gasteiger partial charge in [0.05, 0.1) is 5.52 Å². The van der Waals surface area contributed by atoms with Gasteiger partial charge in [-0.25, -0.2) is 9.97 Å². The Bertz CT molecular complexity index is 1740. The minimum absolute atomic E-state index is 0.0237. The summed E-state index contributed by atoms with van der Waals surface area (Å²) >= 11 is 0. The van der Waals surface area contributed by atoms with Gasteiger partial charge in [0.2, 0.25) is 17.7 Å². The number of rotatable bonds is 5. The van der Waals surface area contributed by atoms with Crippen LogP contribution in [0.5, 0.6) is 0 Å². The highest BCUT2D eigenvalue weighted by molar-refractivity contribution is 6.07. The van der Waals surface area contributed by atoms with Crippen molar-refractivity contribution in [3.63, 3.8) is 0 Å². The van der Waals surface area contributed by atoms with E-state index < -0.39 is 6.04 Å². The van der Waals surface area contributed by atoms with Crippen molar-refractivity contribution in [2.24, 2.45) is 10.8 Å². The Morgan fingerprint density at radius 2 is 1.75 bits per heavy atom. The standard InChI is InChI=1S/C37H49N7O4/c1-22(15-36(4,5)6)41-35(48)29-16-37-17-30(37)44(29)32(47)20-43-34-25(11-9-7-8-10-12-31(46)40-21-37)13-26(27-18-38-24(3)39-19-27)14-28(34)33(42-43)23(2)45/h13-14,18-19,22,29-30H,7-12,15-17,20-21H2,1-6H3,(H,40,46)(H,41,48)/t22-,29?,30+,37-/m0/s1. The molecule has 3 amide bonds. The number of hydrogen-bond acceptors (Lipinski definition) is 7. The van der Waals surface area contributed by atoms with E-state index in [4.69, 9.17) is 5.10 Å². The molecule has 1 unspecified atom stereocenters. The van der Waals surface area contributed by atoms with Gasteiger partial charge in [0, 0.05) is 60.7 Å². The summed E-state index contributed by atoms with van der Waals surface area (Å²) in [5.74, 6) is 0.147. The summed E-state index contributed by atoms with van der Waals surface area (Å²) in [5, 5.41) is 11.8. The van der Waals surface area contributed by atoms with Crippen molar-refractivity contribution in [1.29, 1.82) is 0 Å². The number of aryl methyl sites for hydroxylation is 2. The van der Waals surface area contributed by atoms with E-state index in [1.807, 2.05) is 19.9 Å². The smallest absolute Gasteiger partial charge is 0.245 e. The fourth-order valence-corrected chi connectivity index (χ4v) is 7.98. The number of carbonyl (C=O) groups is 4. The molecule has 2 fully saturated rings. The van der Waals surface area contributed by atoms with Crippen molar-refractivity contribution in [2.45, 2.75) is 124 Å². The van der Waals surface area contributed by atoms with Gasteiger partial charge in [0.1, 0.15) is 24.1 Å². The number of Topliss-reactive ketones (excluding diaryl/α,β-unsaturated/α-hetero) is 1. The summed E-state index contributed by atoms with van der Waals surface area (Å²) in [7, 11) is 0. The maximum atomic E-state index is 14.4. The van der Waals surface area contributed by atoms with Gasteiger partial charge in [0.15, 0.2) is 5.78 Å². The van der Waals surface area contributed by atoms with Crippen LogP contribution in [-0.2, 0) is 27.3 Å². The van der Waals surface area contributed by atoms with Gasteiger partial charge in [-0.2, -0.15) is 5.10 Å². The van der Waals surface area contributed by atoms with Gasteiger partial charge in [-0.3, -0.25) is 23.9 Å². The number of aromatic nitrogens is 4. The van der Waals surface area contributed by atoms with Gasteiger partial charge in [-0.15, -0.1) is 0 Å². The molecule has 3 aromatic rings. The summed E-state index contributed by atoms with van der Waals surface area (Å²) in [5.41, 5.74) is 3.52. The van der Waals surface area contributed by atoms with E-state index in [1.165, 1.54) is 6.92 Å². The molecule has 2 N–H and O–H groups in total. The molecular formula is C37H49N7O4. The second-order valence-corrected chi connectivity index (χ2v) is 15.6. The summed E-state index contributed by atoms with van der Waals surface area (Å²) in [4.78, 5) is 64.6. The predicted octanol–water partition coefficient (Wildman–Crippen LogP) is 4.93. The van der Waals surface area contributed by atoms with Gasteiger partial charge < -0.3 is 15.5 Å². The Kier molecular flexibility index (Phi) is 9.17. The average Bonchev–Trinajstić information content (AvgIpc) is 3.42. The lowest BCUT2D eigenvalue weighted by molar-refractivity contribution is -0.140. The SMILES string of the molecule is CC(=O)c1nn2c3c(cc(-c4cnc(C)nc4)cc13)CCCCCCC(=O)NC[C@@]13CC(C(=O)N[C@@H](C)CC(C)(C)C)N(C(=O)C2)[C@@H]1C3. The molecule has 2 aliphatic heterocycles. The highest BCUT2D eigenvalue weighted by Crippen LogP contribution is 2.59. The van der Waals surface area contributed by atoms with Crippen LogP contribution in [0.3, 0.4) is 0 Å². The van der Waals surface area contributed by atoms with Crippen LogP contribution in [0.25, 0.3) is 22.0 Å². The van der Waals surface area contributed by atoms with Crippen LogP contribution in [-0.4, -0.2) is 72.8 Å². The fourth-order valence-electron chi connectivity index (χ4n) is 7.98. The zero-order valence-electron chi connectivity index (χ0n) is 29.2. The molecule has 48 heavy (non-hydrogen) atoms. The number of nitrogens with one attached hydrogen (secondary N) is 2. The highest BCUT2D eigenvalue weighted by atomic mass is 16.2. The molecular weight excluding hydrogens is 606 g/mol. The quantitative estimate of drug-likeness (QED) is 0.372. The lowest BCUT2D eigenvalue weighted by Gasteiger charge is -2.30. The van der Waals surface area contributed by atoms with Crippen molar-refractivity contribution >= 4 is 34.4 Å². The molecule has 256 valence electrons. The first-order valence-electron chi connectivity index (χ1n) is 17.5. The average molecular weight is 656 g/mol. The number of benzene rings is 1. The highest BCUT2D eigenvalue weighted by Gasteiger charge is 2.67. The Morgan fingerprint density at radius 1 is 1.04 bits per heavy atom. The van der Waals surface area contributed by atoms with E-state index in [2.05, 4.69) is 47.4 Å². The summed E-state index contributed by atoms with van der Waals surface area (Å²) in [6, 6.07) is 3.20. The Hall–Kier alpha value is -4.15. The minimum Gasteiger partial charge on any atom is -0.355 e. The first-order valence-corrected chi connectivity index (χ1v) is 17.5. The summed E-state index contributed by atoms with van der Waals surface area (Å²) in [6.45, 7) is 12.1. The third-order valence-corrected chi connectivity index (χ3v) is 10.2. The first-order chi connectivity index (χ1) is 22.7. The lowest BCUT2D eigenvalue weighted by atomic mass is 9.88. The summed E-state index contributed by atoms with van der Waals surface area (Å²) < 4.78 is 1.68.